The molecule has 0 aliphatic rings. The Morgan fingerprint density at radius 2 is 1.14 bits per heavy atom. The summed E-state index contributed by atoms with van der Waals surface area (Å²) in [5.41, 5.74) is 0. The molecular weight excluding hydrogens is 207 g/mol. The van der Waals surface area contributed by atoms with Crippen molar-refractivity contribution in [2.45, 2.75) is 12.2 Å². The van der Waals surface area contributed by atoms with Crippen LogP contribution in [0.5, 0.6) is 0 Å². The minimum absolute atomic E-state index is 1.38. The first-order valence-corrected chi connectivity index (χ1v) is 4.16. The van der Waals surface area contributed by atoms with Crippen LogP contribution in [-0.4, -0.2) is 12.2 Å². The van der Waals surface area contributed by atoms with Gasteiger partial charge in [0.1, 0.15) is 24.3 Å². The maximum Gasteiger partial charge on any atom is 0.702 e. The Kier molecular flexibility index (Phi) is 5.55. The molecule has 0 saturated carbocycles. The van der Waals surface area contributed by atoms with Gasteiger partial charge in [-0.15, -0.1) is 0 Å². The van der Waals surface area contributed by atoms with Crippen molar-refractivity contribution in [1.29, 1.82) is 21.0 Å². The van der Waals surface area contributed by atoms with E-state index in [2.05, 4.69) is 9.05 Å². The average Bonchev–Trinajstić information content (AvgIpc) is 2.22. The van der Waals surface area contributed by atoms with Crippen molar-refractivity contribution in [3.8, 4) is 24.3 Å². The van der Waals surface area contributed by atoms with Gasteiger partial charge in [0.2, 0.25) is 0 Å². The van der Waals surface area contributed by atoms with E-state index in [4.69, 9.17) is 21.0 Å². The van der Waals surface area contributed by atoms with Gasteiger partial charge in [0.05, 0.1) is 0 Å². The van der Waals surface area contributed by atoms with E-state index in [0.29, 0.717) is 0 Å². The second kappa shape index (κ2) is 6.49. The van der Waals surface area contributed by atoms with Gasteiger partial charge in [-0.05, 0) is 0 Å². The molecule has 0 aromatic heterocycles. The molecule has 0 aliphatic carbocycles. The van der Waals surface area contributed by atoms with E-state index >= 15 is 0 Å². The van der Waals surface area contributed by atoms with Gasteiger partial charge >= 0.3 is 8.25 Å². The van der Waals surface area contributed by atoms with E-state index in [1.165, 1.54) is 24.3 Å². The molecule has 0 fully saturated rings. The zero-order valence-electron chi connectivity index (χ0n) is 6.62. The number of nitriles is 4. The van der Waals surface area contributed by atoms with E-state index in [-0.39, 0.29) is 0 Å². The highest BCUT2D eigenvalue weighted by Gasteiger charge is 2.31. The van der Waals surface area contributed by atoms with Crippen molar-refractivity contribution < 1.29 is 13.6 Å². The first-order chi connectivity index (χ1) is 6.67. The highest BCUT2D eigenvalue weighted by Crippen LogP contribution is 2.27. The third kappa shape index (κ3) is 4.12. The van der Waals surface area contributed by atoms with E-state index in [1.54, 1.807) is 0 Å². The minimum Gasteiger partial charge on any atom is -0.194 e. The Morgan fingerprint density at radius 1 is 0.857 bits per heavy atom. The highest BCUT2D eigenvalue weighted by atomic mass is 31.1. The number of hydrogen-bond donors (Lipinski definition) is 0. The fourth-order valence-corrected chi connectivity index (χ4v) is 0.932. The van der Waals surface area contributed by atoms with Crippen LogP contribution in [0.1, 0.15) is 0 Å². The molecule has 0 aliphatic heterocycles. The van der Waals surface area contributed by atoms with Crippen molar-refractivity contribution in [3.63, 3.8) is 0 Å². The SMILES string of the molecule is N#CC(C#N)O[P+](=O)OC(C#N)C#N. The molecule has 0 radical (unpaired) electrons. The van der Waals surface area contributed by atoms with Gasteiger partial charge in [0.15, 0.2) is 0 Å². The average molecular weight is 209 g/mol. The van der Waals surface area contributed by atoms with Crippen LogP contribution in [0.3, 0.4) is 0 Å². The Bertz CT molecular complexity index is 318. The minimum atomic E-state index is -2.82. The second-order valence-electron chi connectivity index (χ2n) is 1.71. The van der Waals surface area contributed by atoms with Crippen molar-refractivity contribution in [3.05, 3.63) is 0 Å². The lowest BCUT2D eigenvalue weighted by molar-refractivity contribution is 0.216. The molecule has 0 bridgehead atoms. The van der Waals surface area contributed by atoms with Gasteiger partial charge in [0.25, 0.3) is 12.2 Å². The molecule has 0 aromatic rings. The largest absolute Gasteiger partial charge is 0.702 e. The Hall–Kier alpha value is -2.02. The van der Waals surface area contributed by atoms with Crippen LogP contribution in [0.4, 0.5) is 0 Å². The summed E-state index contributed by atoms with van der Waals surface area (Å²) in [6.45, 7) is 0. The molecular formula is C6H2N4O3P+. The zero-order valence-corrected chi connectivity index (χ0v) is 7.51. The summed E-state index contributed by atoms with van der Waals surface area (Å²) >= 11 is 0. The third-order valence-corrected chi connectivity index (χ3v) is 1.62. The van der Waals surface area contributed by atoms with Gasteiger partial charge in [0, 0.05) is 4.57 Å². The summed E-state index contributed by atoms with van der Waals surface area (Å²) < 4.78 is 19.3. The summed E-state index contributed by atoms with van der Waals surface area (Å²) in [5.74, 6) is 0. The molecule has 0 saturated heterocycles. The summed E-state index contributed by atoms with van der Waals surface area (Å²) in [7, 11) is -2.82. The Labute approximate surface area is 80.2 Å². The molecule has 0 heterocycles. The van der Waals surface area contributed by atoms with Gasteiger partial charge in [-0.1, -0.05) is 9.05 Å². The normalized spacial score (nSPS) is 8.43. The van der Waals surface area contributed by atoms with Crippen LogP contribution in [0.2, 0.25) is 0 Å². The first-order valence-electron chi connectivity index (χ1n) is 3.07. The van der Waals surface area contributed by atoms with Gasteiger partial charge in [-0.3, -0.25) is 0 Å². The highest BCUT2D eigenvalue weighted by molar-refractivity contribution is 7.33. The number of rotatable bonds is 4. The van der Waals surface area contributed by atoms with Crippen LogP contribution < -0.4 is 0 Å². The van der Waals surface area contributed by atoms with E-state index in [0.717, 1.165) is 0 Å². The topological polar surface area (TPSA) is 131 Å². The molecule has 0 spiro atoms. The van der Waals surface area contributed by atoms with E-state index < -0.39 is 20.5 Å². The Morgan fingerprint density at radius 3 is 1.36 bits per heavy atom. The fraction of sp³-hybridized carbons (Fsp3) is 0.333. The summed E-state index contributed by atoms with van der Waals surface area (Å²) in [4.78, 5) is 0. The summed E-state index contributed by atoms with van der Waals surface area (Å²) in [6, 6.07) is 5.52. The van der Waals surface area contributed by atoms with Crippen LogP contribution in [-0.2, 0) is 13.6 Å². The van der Waals surface area contributed by atoms with Crippen LogP contribution in [0.25, 0.3) is 0 Å². The fourth-order valence-electron chi connectivity index (χ4n) is 0.349. The van der Waals surface area contributed by atoms with Crippen LogP contribution >= 0.6 is 8.25 Å². The van der Waals surface area contributed by atoms with Crippen molar-refractivity contribution in [2.75, 3.05) is 0 Å². The monoisotopic (exact) mass is 209 g/mol. The van der Waals surface area contributed by atoms with Crippen LogP contribution in [0, 0.1) is 45.3 Å². The number of nitrogens with zero attached hydrogens (tertiary/aromatic N) is 4. The molecule has 0 amide bonds. The molecule has 7 nitrogen and oxygen atoms in total. The smallest absolute Gasteiger partial charge is 0.194 e. The second-order valence-corrected chi connectivity index (χ2v) is 2.58. The molecule has 0 N–H and O–H groups in total. The summed E-state index contributed by atoms with van der Waals surface area (Å²) in [6.07, 6.45) is -3.09. The lowest BCUT2D eigenvalue weighted by Gasteiger charge is -1.88. The Balaban J connectivity index is 4.16. The maximum absolute atomic E-state index is 10.8. The lowest BCUT2D eigenvalue weighted by Crippen LogP contribution is -2.06. The third-order valence-electron chi connectivity index (χ3n) is 0.852. The molecule has 68 valence electrons. The molecule has 0 atom stereocenters. The number of hydrogen-bond acceptors (Lipinski definition) is 7. The first kappa shape index (κ1) is 12.0. The molecule has 0 aromatic carbocycles. The predicted octanol–water partition coefficient (Wildman–Crippen LogP) is 0.509. The summed E-state index contributed by atoms with van der Waals surface area (Å²) in [5, 5.41) is 32.8. The van der Waals surface area contributed by atoms with Gasteiger partial charge < -0.3 is 0 Å². The molecule has 14 heavy (non-hydrogen) atoms. The quantitative estimate of drug-likeness (QED) is 0.616. The molecule has 0 unspecified atom stereocenters. The zero-order chi connectivity index (χ0) is 11.0. The standard InChI is InChI=1S/C6H2N4O3P/c7-1-5(2-8)12-14(11)13-6(3-9)4-10/h5-6H/q+1. The maximum atomic E-state index is 10.8. The van der Waals surface area contributed by atoms with Gasteiger partial charge in [-0.25, -0.2) is 0 Å². The predicted molar refractivity (Wildman–Crippen MR) is 39.8 cm³/mol. The van der Waals surface area contributed by atoms with Crippen molar-refractivity contribution >= 4 is 8.25 Å². The lowest BCUT2D eigenvalue weighted by atomic mass is 10.5. The molecule has 0 rings (SSSR count). The van der Waals surface area contributed by atoms with Crippen LogP contribution in [0.15, 0.2) is 0 Å². The van der Waals surface area contributed by atoms with Gasteiger partial charge in [-0.2, -0.15) is 21.0 Å². The molecule has 8 heteroatoms. The van der Waals surface area contributed by atoms with Crippen molar-refractivity contribution in [2.24, 2.45) is 0 Å². The van der Waals surface area contributed by atoms with E-state index in [9.17, 15) is 4.57 Å². The van der Waals surface area contributed by atoms with Crippen molar-refractivity contribution in [1.82, 2.24) is 0 Å². The van der Waals surface area contributed by atoms with E-state index in [1.807, 2.05) is 0 Å².